The Kier molecular flexibility index (Phi) is 2.78. The average Bonchev–Trinajstić information content (AvgIpc) is 2.62. The van der Waals surface area contributed by atoms with Crippen LogP contribution in [-0.2, 0) is 0 Å². The molecule has 0 saturated carbocycles. The van der Waals surface area contributed by atoms with Crippen LogP contribution in [0.5, 0.6) is 0 Å². The fraction of sp³-hybridized carbons (Fsp3) is 0.0909. The second-order valence-corrected chi connectivity index (χ2v) is 4.03. The minimum Gasteiger partial charge on any atom is -0.351 e. The Bertz CT molecular complexity index is 474. The normalized spacial score (nSPS) is 11.0. The predicted molar refractivity (Wildman–Crippen MR) is 63.2 cm³/mol. The number of benzene rings is 1. The van der Waals surface area contributed by atoms with E-state index in [-0.39, 0.29) is 0 Å². The number of nitrogen functional groups attached to an aromatic ring is 1. The molecule has 1 heterocycles. The van der Waals surface area contributed by atoms with E-state index in [4.69, 9.17) is 5.73 Å². The van der Waals surface area contributed by atoms with Crippen LogP contribution in [-0.4, -0.2) is 4.98 Å². The van der Waals surface area contributed by atoms with Gasteiger partial charge in [0.25, 0.3) is 0 Å². The van der Waals surface area contributed by atoms with Gasteiger partial charge in [0.2, 0.25) is 0 Å². The third-order valence-electron chi connectivity index (χ3n) is 1.93. The van der Waals surface area contributed by atoms with Crippen molar-refractivity contribution in [2.75, 3.05) is 5.73 Å². The number of allylic oxidation sites excluding steroid dienone is 1. The van der Waals surface area contributed by atoms with Crippen molar-refractivity contribution in [3.05, 3.63) is 36.4 Å². The van der Waals surface area contributed by atoms with Gasteiger partial charge in [-0.25, -0.2) is 0 Å². The van der Waals surface area contributed by atoms with Gasteiger partial charge in [-0.3, -0.25) is 0 Å². The SMILES string of the molecule is C/C=C/[n+]1sc(N)nc1-c1ccccc1. The fourth-order valence-corrected chi connectivity index (χ4v) is 2.08. The van der Waals surface area contributed by atoms with Crippen LogP contribution >= 0.6 is 11.5 Å². The Labute approximate surface area is 92.7 Å². The van der Waals surface area contributed by atoms with Crippen LogP contribution in [0.4, 0.5) is 5.13 Å². The summed E-state index contributed by atoms with van der Waals surface area (Å²) in [6.45, 7) is 1.97. The summed E-state index contributed by atoms with van der Waals surface area (Å²) < 4.78 is 1.96. The zero-order chi connectivity index (χ0) is 10.7. The molecule has 0 unspecified atom stereocenters. The van der Waals surface area contributed by atoms with Crippen LogP contribution < -0.4 is 9.69 Å². The van der Waals surface area contributed by atoms with Gasteiger partial charge in [0.1, 0.15) is 17.7 Å². The summed E-state index contributed by atoms with van der Waals surface area (Å²) in [5, 5.41) is 0.576. The Morgan fingerprint density at radius 2 is 2.07 bits per heavy atom. The van der Waals surface area contributed by atoms with E-state index in [1.165, 1.54) is 11.5 Å². The van der Waals surface area contributed by atoms with Gasteiger partial charge in [-0.15, -0.1) is 3.96 Å². The monoisotopic (exact) mass is 218 g/mol. The maximum atomic E-state index is 5.70. The van der Waals surface area contributed by atoms with Crippen LogP contribution in [0.2, 0.25) is 0 Å². The molecule has 0 radical (unpaired) electrons. The van der Waals surface area contributed by atoms with Crippen molar-refractivity contribution in [3.63, 3.8) is 0 Å². The van der Waals surface area contributed by atoms with Crippen molar-refractivity contribution in [2.45, 2.75) is 6.92 Å². The first kappa shape index (κ1) is 9.86. The van der Waals surface area contributed by atoms with E-state index in [9.17, 15) is 0 Å². The maximum absolute atomic E-state index is 5.70. The second kappa shape index (κ2) is 4.23. The predicted octanol–water partition coefficient (Wildman–Crippen LogP) is 2.17. The fourth-order valence-electron chi connectivity index (χ4n) is 1.33. The zero-order valence-corrected chi connectivity index (χ0v) is 9.24. The molecule has 0 aliphatic rings. The molecule has 0 atom stereocenters. The number of rotatable bonds is 2. The molecule has 76 valence electrons. The van der Waals surface area contributed by atoms with Crippen molar-refractivity contribution < 1.29 is 3.96 Å². The summed E-state index contributed by atoms with van der Waals surface area (Å²) in [6, 6.07) is 10.0. The lowest BCUT2D eigenvalue weighted by Gasteiger charge is -1.90. The summed E-state index contributed by atoms with van der Waals surface area (Å²) >= 11 is 1.43. The molecule has 4 heteroatoms. The molecule has 0 spiro atoms. The highest BCUT2D eigenvalue weighted by Gasteiger charge is 2.18. The van der Waals surface area contributed by atoms with Gasteiger partial charge in [-0.1, -0.05) is 18.2 Å². The average molecular weight is 218 g/mol. The van der Waals surface area contributed by atoms with E-state index in [0.717, 1.165) is 11.4 Å². The van der Waals surface area contributed by atoms with E-state index in [1.807, 2.05) is 53.5 Å². The van der Waals surface area contributed by atoms with E-state index in [2.05, 4.69) is 4.98 Å². The van der Waals surface area contributed by atoms with Crippen molar-refractivity contribution in [1.82, 2.24) is 4.98 Å². The van der Waals surface area contributed by atoms with E-state index in [0.29, 0.717) is 5.13 Å². The van der Waals surface area contributed by atoms with E-state index >= 15 is 0 Å². The highest BCUT2D eigenvalue weighted by Crippen LogP contribution is 2.17. The van der Waals surface area contributed by atoms with Gasteiger partial charge in [0, 0.05) is 0 Å². The Balaban J connectivity index is 2.52. The Hall–Kier alpha value is -1.68. The molecule has 0 fully saturated rings. The van der Waals surface area contributed by atoms with Gasteiger partial charge < -0.3 is 5.73 Å². The van der Waals surface area contributed by atoms with Gasteiger partial charge in [-0.2, -0.15) is 0 Å². The smallest absolute Gasteiger partial charge is 0.350 e. The molecule has 0 aliphatic heterocycles. The zero-order valence-electron chi connectivity index (χ0n) is 8.42. The van der Waals surface area contributed by atoms with Crippen LogP contribution in [0.25, 0.3) is 17.6 Å². The molecule has 0 saturated heterocycles. The summed E-state index contributed by atoms with van der Waals surface area (Å²) in [7, 11) is 0. The quantitative estimate of drug-likeness (QED) is 0.785. The minimum atomic E-state index is 0.576. The molecule has 3 nitrogen and oxygen atoms in total. The maximum Gasteiger partial charge on any atom is 0.350 e. The highest BCUT2D eigenvalue weighted by molar-refractivity contribution is 7.05. The van der Waals surface area contributed by atoms with Crippen LogP contribution in [0.1, 0.15) is 6.92 Å². The molecular weight excluding hydrogens is 206 g/mol. The molecule has 15 heavy (non-hydrogen) atoms. The molecular formula is C11H12N3S+. The molecule has 0 amide bonds. The van der Waals surface area contributed by atoms with Gasteiger partial charge in [0.15, 0.2) is 0 Å². The summed E-state index contributed by atoms with van der Waals surface area (Å²) in [4.78, 5) is 4.31. The van der Waals surface area contributed by atoms with Gasteiger partial charge in [-0.05, 0) is 30.1 Å². The molecule has 2 rings (SSSR count). The van der Waals surface area contributed by atoms with Crippen LogP contribution in [0, 0.1) is 0 Å². The van der Waals surface area contributed by atoms with Crippen LogP contribution in [0.3, 0.4) is 0 Å². The summed E-state index contributed by atoms with van der Waals surface area (Å²) in [5.41, 5.74) is 6.77. The van der Waals surface area contributed by atoms with E-state index in [1.54, 1.807) is 0 Å². The molecule has 0 bridgehead atoms. The van der Waals surface area contributed by atoms with Gasteiger partial charge in [0.05, 0.1) is 5.56 Å². The number of nitrogens with zero attached hydrogens (tertiary/aromatic N) is 2. The second-order valence-electron chi connectivity index (χ2n) is 3.04. The highest BCUT2D eigenvalue weighted by atomic mass is 32.1. The summed E-state index contributed by atoms with van der Waals surface area (Å²) in [5.74, 6) is 0.885. The van der Waals surface area contributed by atoms with Crippen molar-refractivity contribution in [1.29, 1.82) is 0 Å². The number of anilines is 1. The standard InChI is InChI=1S/C11H11N3S/c1-2-8-14-10(13-11(12)15-14)9-6-4-3-5-7-9/h2-8,12H,1H3/p+1/b8-2+. The first-order valence-corrected chi connectivity index (χ1v) is 5.45. The molecule has 1 aromatic carbocycles. The molecule has 2 aromatic rings. The molecule has 0 aliphatic carbocycles. The number of aromatic nitrogens is 2. The lowest BCUT2D eigenvalue weighted by molar-refractivity contribution is -0.480. The molecule has 1 aromatic heterocycles. The van der Waals surface area contributed by atoms with E-state index < -0.39 is 0 Å². The largest absolute Gasteiger partial charge is 0.351 e. The molecule has 2 N–H and O–H groups in total. The van der Waals surface area contributed by atoms with Crippen molar-refractivity contribution in [3.8, 4) is 11.4 Å². The number of hydrogen-bond acceptors (Lipinski definition) is 3. The van der Waals surface area contributed by atoms with Crippen molar-refractivity contribution in [2.24, 2.45) is 0 Å². The third-order valence-corrected chi connectivity index (χ3v) is 2.70. The Morgan fingerprint density at radius 1 is 1.33 bits per heavy atom. The van der Waals surface area contributed by atoms with Crippen molar-refractivity contribution >= 4 is 22.9 Å². The Morgan fingerprint density at radius 3 is 2.73 bits per heavy atom. The number of nitrogens with two attached hydrogens (primary N) is 1. The topological polar surface area (TPSA) is 42.8 Å². The van der Waals surface area contributed by atoms with Gasteiger partial charge >= 0.3 is 11.0 Å². The lowest BCUT2D eigenvalue weighted by atomic mass is 10.2. The first-order valence-electron chi connectivity index (χ1n) is 4.68. The first-order chi connectivity index (χ1) is 7.31. The number of hydrogen-bond donors (Lipinski definition) is 1. The third kappa shape index (κ3) is 2.05. The lowest BCUT2D eigenvalue weighted by Crippen LogP contribution is -2.22. The minimum absolute atomic E-state index is 0.576. The van der Waals surface area contributed by atoms with Crippen LogP contribution in [0.15, 0.2) is 36.4 Å². The summed E-state index contributed by atoms with van der Waals surface area (Å²) in [6.07, 6.45) is 3.92.